The van der Waals surface area contributed by atoms with Gasteiger partial charge in [0.15, 0.2) is 0 Å². The smallest absolute Gasteiger partial charge is 0.311 e. The van der Waals surface area contributed by atoms with E-state index >= 15 is 0 Å². The van der Waals surface area contributed by atoms with Gasteiger partial charge in [-0.1, -0.05) is 0 Å². The average Bonchev–Trinajstić information content (AvgIpc) is 2.85. The third-order valence-corrected chi connectivity index (χ3v) is 5.32. The maximum Gasteiger partial charge on any atom is 0.311 e. The summed E-state index contributed by atoms with van der Waals surface area (Å²) < 4.78 is 2.03. The number of hydrogen-bond donors (Lipinski definition) is 1. The second kappa shape index (κ2) is 5.42. The van der Waals surface area contributed by atoms with Gasteiger partial charge in [-0.25, -0.2) is 4.98 Å². The molecule has 1 aromatic rings. The van der Waals surface area contributed by atoms with Crippen molar-refractivity contribution >= 4 is 5.97 Å². The maximum absolute atomic E-state index is 11.9. The van der Waals surface area contributed by atoms with Gasteiger partial charge in [0.1, 0.15) is 5.82 Å². The first-order valence-corrected chi connectivity index (χ1v) is 7.65. The van der Waals surface area contributed by atoms with Crippen LogP contribution in [0.1, 0.15) is 25.1 Å². The molecule has 6 heteroatoms. The SMILES string of the molecule is CN1CCC[C@]2(C(=O)O)CCN(Cc3nccn3C)C[C@@H]12. The van der Waals surface area contributed by atoms with Gasteiger partial charge in [0, 0.05) is 32.0 Å². The predicted octanol–water partition coefficient (Wildman–Crippen LogP) is 0.791. The van der Waals surface area contributed by atoms with Gasteiger partial charge in [-0.05, 0) is 39.4 Å². The van der Waals surface area contributed by atoms with Crippen molar-refractivity contribution in [1.82, 2.24) is 19.4 Å². The highest BCUT2D eigenvalue weighted by molar-refractivity contribution is 5.76. The van der Waals surface area contributed by atoms with E-state index < -0.39 is 11.4 Å². The topological polar surface area (TPSA) is 61.6 Å². The van der Waals surface area contributed by atoms with E-state index in [0.717, 1.165) is 51.3 Å². The minimum atomic E-state index is -0.615. The number of imidazole rings is 1. The monoisotopic (exact) mass is 292 g/mol. The Morgan fingerprint density at radius 3 is 2.90 bits per heavy atom. The number of aromatic nitrogens is 2. The molecule has 0 amide bonds. The normalized spacial score (nSPS) is 31.0. The largest absolute Gasteiger partial charge is 0.481 e. The van der Waals surface area contributed by atoms with Crippen LogP contribution in [0.2, 0.25) is 0 Å². The zero-order valence-electron chi connectivity index (χ0n) is 12.8. The number of fused-ring (bicyclic) bond motifs is 1. The number of piperidine rings is 2. The average molecular weight is 292 g/mol. The first kappa shape index (κ1) is 14.5. The summed E-state index contributed by atoms with van der Waals surface area (Å²) in [6.45, 7) is 3.44. The number of aryl methyl sites for hydroxylation is 1. The zero-order chi connectivity index (χ0) is 15.0. The predicted molar refractivity (Wildman–Crippen MR) is 78.8 cm³/mol. The Morgan fingerprint density at radius 1 is 1.43 bits per heavy atom. The summed E-state index contributed by atoms with van der Waals surface area (Å²) in [4.78, 5) is 20.8. The number of carboxylic acid groups (broad SMARTS) is 1. The molecule has 0 unspecified atom stereocenters. The Labute approximate surface area is 125 Å². The van der Waals surface area contributed by atoms with Gasteiger partial charge in [0.05, 0.1) is 12.0 Å². The van der Waals surface area contributed by atoms with Gasteiger partial charge in [-0.15, -0.1) is 0 Å². The van der Waals surface area contributed by atoms with Crippen LogP contribution in [0.3, 0.4) is 0 Å². The summed E-state index contributed by atoms with van der Waals surface area (Å²) in [5.41, 5.74) is -0.550. The Bertz CT molecular complexity index is 529. The molecule has 2 saturated heterocycles. The standard InChI is InChI=1S/C15H24N4O2/c1-17-7-3-4-15(14(20)21)5-8-19(10-12(15)17)11-13-16-6-9-18(13)2/h6,9,12H,3-5,7-8,10-11H2,1-2H3,(H,20,21)/t12-,15+/m1/s1. The summed E-state index contributed by atoms with van der Waals surface area (Å²) in [6, 6.07) is 0.109. The molecule has 2 fully saturated rings. The van der Waals surface area contributed by atoms with E-state index in [-0.39, 0.29) is 6.04 Å². The second-order valence-electron chi connectivity index (χ2n) is 6.50. The van der Waals surface area contributed by atoms with Crippen molar-refractivity contribution in [3.63, 3.8) is 0 Å². The molecule has 0 radical (unpaired) electrons. The number of carboxylic acids is 1. The van der Waals surface area contributed by atoms with Crippen molar-refractivity contribution in [1.29, 1.82) is 0 Å². The number of hydrogen-bond acceptors (Lipinski definition) is 4. The number of carbonyl (C=O) groups is 1. The van der Waals surface area contributed by atoms with E-state index in [4.69, 9.17) is 0 Å². The van der Waals surface area contributed by atoms with Crippen molar-refractivity contribution in [3.05, 3.63) is 18.2 Å². The van der Waals surface area contributed by atoms with Gasteiger partial charge in [0.25, 0.3) is 0 Å². The van der Waals surface area contributed by atoms with Crippen LogP contribution < -0.4 is 0 Å². The summed E-state index contributed by atoms with van der Waals surface area (Å²) in [5.74, 6) is 0.423. The molecule has 6 nitrogen and oxygen atoms in total. The Balaban J connectivity index is 1.76. The molecule has 0 spiro atoms. The number of aliphatic carboxylic acids is 1. The third-order valence-electron chi connectivity index (χ3n) is 5.32. The molecular formula is C15H24N4O2. The highest BCUT2D eigenvalue weighted by Gasteiger charge is 2.52. The van der Waals surface area contributed by atoms with E-state index in [9.17, 15) is 9.90 Å². The molecule has 2 aliphatic heterocycles. The molecule has 0 aliphatic carbocycles. The fourth-order valence-corrected chi connectivity index (χ4v) is 3.94. The van der Waals surface area contributed by atoms with Crippen molar-refractivity contribution in [2.75, 3.05) is 26.7 Å². The van der Waals surface area contributed by atoms with E-state index in [1.807, 2.05) is 24.0 Å². The number of rotatable bonds is 3. The fourth-order valence-electron chi connectivity index (χ4n) is 3.94. The molecule has 1 N–H and O–H groups in total. The maximum atomic E-state index is 11.9. The van der Waals surface area contributed by atoms with E-state index in [2.05, 4.69) is 21.8 Å². The van der Waals surface area contributed by atoms with Crippen molar-refractivity contribution < 1.29 is 9.90 Å². The zero-order valence-corrected chi connectivity index (χ0v) is 12.8. The number of nitrogens with zero attached hydrogens (tertiary/aromatic N) is 4. The summed E-state index contributed by atoms with van der Waals surface area (Å²) in [6.07, 6.45) is 6.30. The van der Waals surface area contributed by atoms with E-state index in [1.165, 1.54) is 0 Å². The number of likely N-dealkylation sites (N-methyl/N-ethyl adjacent to an activating group) is 1. The van der Waals surface area contributed by atoms with Crippen LogP contribution in [-0.2, 0) is 18.4 Å². The summed E-state index contributed by atoms with van der Waals surface area (Å²) in [5, 5.41) is 9.77. The van der Waals surface area contributed by atoms with E-state index in [1.54, 1.807) is 0 Å². The van der Waals surface area contributed by atoms with Crippen LogP contribution >= 0.6 is 0 Å². The quantitative estimate of drug-likeness (QED) is 0.892. The molecule has 2 aliphatic rings. The lowest BCUT2D eigenvalue weighted by atomic mass is 9.68. The van der Waals surface area contributed by atoms with Crippen molar-refractivity contribution in [3.8, 4) is 0 Å². The lowest BCUT2D eigenvalue weighted by molar-refractivity contribution is -0.162. The van der Waals surface area contributed by atoms with Gasteiger partial charge in [0.2, 0.25) is 0 Å². The first-order chi connectivity index (χ1) is 10.0. The third kappa shape index (κ3) is 2.46. The Morgan fingerprint density at radius 2 is 2.24 bits per heavy atom. The van der Waals surface area contributed by atoms with Crippen LogP contribution in [0.4, 0.5) is 0 Å². The van der Waals surface area contributed by atoms with Gasteiger partial charge >= 0.3 is 5.97 Å². The van der Waals surface area contributed by atoms with Crippen molar-refractivity contribution in [2.24, 2.45) is 12.5 Å². The minimum absolute atomic E-state index is 0.109. The lowest BCUT2D eigenvalue weighted by Gasteiger charge is -2.51. The van der Waals surface area contributed by atoms with E-state index in [0.29, 0.717) is 0 Å². The highest BCUT2D eigenvalue weighted by atomic mass is 16.4. The van der Waals surface area contributed by atoms with Gasteiger partial charge < -0.3 is 14.6 Å². The molecule has 21 heavy (non-hydrogen) atoms. The highest BCUT2D eigenvalue weighted by Crippen LogP contribution is 2.42. The molecule has 0 saturated carbocycles. The molecule has 2 atom stereocenters. The molecule has 1 aromatic heterocycles. The number of likely N-dealkylation sites (tertiary alicyclic amines) is 2. The van der Waals surface area contributed by atoms with Crippen molar-refractivity contribution in [2.45, 2.75) is 31.8 Å². The molecular weight excluding hydrogens is 268 g/mol. The second-order valence-corrected chi connectivity index (χ2v) is 6.50. The Hall–Kier alpha value is -1.40. The molecule has 0 bridgehead atoms. The molecule has 116 valence electrons. The molecule has 0 aromatic carbocycles. The van der Waals surface area contributed by atoms with Crippen LogP contribution in [0.15, 0.2) is 12.4 Å². The summed E-state index contributed by atoms with van der Waals surface area (Å²) in [7, 11) is 4.06. The molecule has 3 rings (SSSR count). The Kier molecular flexibility index (Phi) is 3.75. The first-order valence-electron chi connectivity index (χ1n) is 7.65. The van der Waals surface area contributed by atoms with Gasteiger partial charge in [-0.2, -0.15) is 0 Å². The fraction of sp³-hybridized carbons (Fsp3) is 0.733. The lowest BCUT2D eigenvalue weighted by Crippen LogP contribution is -2.62. The van der Waals surface area contributed by atoms with Crippen LogP contribution in [0, 0.1) is 5.41 Å². The summed E-state index contributed by atoms with van der Waals surface area (Å²) >= 11 is 0. The van der Waals surface area contributed by atoms with Crippen LogP contribution in [0.25, 0.3) is 0 Å². The van der Waals surface area contributed by atoms with Crippen LogP contribution in [-0.4, -0.2) is 63.2 Å². The molecule has 3 heterocycles. The van der Waals surface area contributed by atoms with Gasteiger partial charge in [-0.3, -0.25) is 9.69 Å². The van der Waals surface area contributed by atoms with Crippen LogP contribution in [0.5, 0.6) is 0 Å². The minimum Gasteiger partial charge on any atom is -0.481 e.